The van der Waals surface area contributed by atoms with E-state index in [0.29, 0.717) is 0 Å². The van der Waals surface area contributed by atoms with Crippen LogP contribution in [0.3, 0.4) is 0 Å². The predicted octanol–water partition coefficient (Wildman–Crippen LogP) is 4.35. The highest BCUT2D eigenvalue weighted by atomic mass is 79.9. The summed E-state index contributed by atoms with van der Waals surface area (Å²) >= 11 is 3.43. The Morgan fingerprint density at radius 1 is 1.06 bits per heavy atom. The molecule has 0 unspecified atom stereocenters. The SMILES string of the molecule is BrCC=Cc1ccc2c3c(cccc13)CC2. The van der Waals surface area contributed by atoms with Crippen LogP contribution in [-0.2, 0) is 12.8 Å². The van der Waals surface area contributed by atoms with Crippen LogP contribution in [0.2, 0.25) is 0 Å². The van der Waals surface area contributed by atoms with Gasteiger partial charge in [0.05, 0.1) is 0 Å². The Hall–Kier alpha value is -1.08. The third kappa shape index (κ3) is 1.51. The molecule has 0 heterocycles. The summed E-state index contributed by atoms with van der Waals surface area (Å²) in [5.41, 5.74) is 4.37. The van der Waals surface area contributed by atoms with Crippen molar-refractivity contribution in [3.8, 4) is 0 Å². The van der Waals surface area contributed by atoms with E-state index in [1.807, 2.05) is 0 Å². The predicted molar refractivity (Wildman–Crippen MR) is 74.2 cm³/mol. The van der Waals surface area contributed by atoms with Gasteiger partial charge in [-0.3, -0.25) is 0 Å². The number of alkyl halides is 1. The van der Waals surface area contributed by atoms with Crippen LogP contribution in [0.15, 0.2) is 36.4 Å². The molecule has 0 aromatic heterocycles. The molecule has 2 aromatic carbocycles. The van der Waals surface area contributed by atoms with Gasteiger partial charge in [-0.2, -0.15) is 0 Å². The largest absolute Gasteiger partial charge is 0.0883 e. The minimum atomic E-state index is 0.913. The number of hydrogen-bond donors (Lipinski definition) is 0. The van der Waals surface area contributed by atoms with Crippen LogP contribution < -0.4 is 0 Å². The summed E-state index contributed by atoms with van der Waals surface area (Å²) in [4.78, 5) is 0. The van der Waals surface area contributed by atoms with Crippen molar-refractivity contribution in [2.75, 3.05) is 5.33 Å². The Morgan fingerprint density at radius 2 is 1.88 bits per heavy atom. The molecule has 0 bridgehead atoms. The van der Waals surface area contributed by atoms with E-state index in [4.69, 9.17) is 0 Å². The fourth-order valence-electron chi connectivity index (χ4n) is 2.59. The standard InChI is InChI=1S/C15H13Br/c16-10-2-4-11-6-7-13-9-8-12-3-1-5-14(11)15(12)13/h1-7H,8-10H2. The highest BCUT2D eigenvalue weighted by Crippen LogP contribution is 2.33. The Bertz CT molecular complexity index is 557. The second kappa shape index (κ2) is 4.06. The molecular weight excluding hydrogens is 260 g/mol. The number of rotatable bonds is 2. The quantitative estimate of drug-likeness (QED) is 0.714. The van der Waals surface area contributed by atoms with Gasteiger partial charge in [0.25, 0.3) is 0 Å². The summed E-state index contributed by atoms with van der Waals surface area (Å²) in [6.07, 6.45) is 6.77. The number of allylic oxidation sites excluding steroid dienone is 1. The molecular formula is C15H13Br. The number of benzene rings is 2. The Morgan fingerprint density at radius 3 is 2.69 bits per heavy atom. The van der Waals surface area contributed by atoms with Crippen molar-refractivity contribution in [3.63, 3.8) is 0 Å². The van der Waals surface area contributed by atoms with Crippen LogP contribution in [0.4, 0.5) is 0 Å². The second-order valence-corrected chi connectivity index (χ2v) is 4.86. The molecule has 1 aliphatic carbocycles. The lowest BCUT2D eigenvalue weighted by Crippen LogP contribution is -1.82. The lowest BCUT2D eigenvalue weighted by atomic mass is 10.00. The van der Waals surface area contributed by atoms with Gasteiger partial charge in [-0.25, -0.2) is 0 Å². The van der Waals surface area contributed by atoms with Crippen LogP contribution in [0.1, 0.15) is 16.7 Å². The van der Waals surface area contributed by atoms with E-state index in [0.717, 1.165) is 5.33 Å². The Balaban J connectivity index is 2.29. The van der Waals surface area contributed by atoms with Crippen molar-refractivity contribution < 1.29 is 0 Å². The van der Waals surface area contributed by atoms with Gasteiger partial charge in [0.2, 0.25) is 0 Å². The maximum Gasteiger partial charge on any atom is 0.0215 e. The van der Waals surface area contributed by atoms with Crippen LogP contribution in [0.25, 0.3) is 16.8 Å². The van der Waals surface area contributed by atoms with Crippen molar-refractivity contribution in [2.45, 2.75) is 12.8 Å². The zero-order valence-corrected chi connectivity index (χ0v) is 10.6. The average Bonchev–Trinajstić information content (AvgIpc) is 2.74. The normalized spacial score (nSPS) is 14.1. The van der Waals surface area contributed by atoms with E-state index < -0.39 is 0 Å². The summed E-state index contributed by atoms with van der Waals surface area (Å²) in [5, 5.41) is 3.82. The number of aryl methyl sites for hydroxylation is 2. The van der Waals surface area contributed by atoms with E-state index in [1.165, 1.54) is 40.3 Å². The molecule has 0 fully saturated rings. The fraction of sp³-hybridized carbons (Fsp3) is 0.200. The van der Waals surface area contributed by atoms with Crippen molar-refractivity contribution >= 4 is 32.8 Å². The molecule has 1 aliphatic rings. The third-order valence-corrected chi connectivity index (χ3v) is 3.67. The first kappa shape index (κ1) is 10.1. The van der Waals surface area contributed by atoms with Gasteiger partial charge < -0.3 is 0 Å². The molecule has 1 heteroatoms. The topological polar surface area (TPSA) is 0 Å². The van der Waals surface area contributed by atoms with Crippen molar-refractivity contribution in [2.24, 2.45) is 0 Å². The van der Waals surface area contributed by atoms with Crippen molar-refractivity contribution in [3.05, 3.63) is 53.1 Å². The molecule has 0 atom stereocenters. The third-order valence-electron chi connectivity index (χ3n) is 3.30. The summed E-state index contributed by atoms with van der Waals surface area (Å²) in [7, 11) is 0. The van der Waals surface area contributed by atoms with Crippen LogP contribution in [0.5, 0.6) is 0 Å². The molecule has 0 spiro atoms. The monoisotopic (exact) mass is 272 g/mol. The fourth-order valence-corrected chi connectivity index (χ4v) is 2.77. The summed E-state index contributed by atoms with van der Waals surface area (Å²) in [5.74, 6) is 0. The lowest BCUT2D eigenvalue weighted by molar-refractivity contribution is 1.02. The van der Waals surface area contributed by atoms with Crippen LogP contribution >= 0.6 is 15.9 Å². The molecule has 2 aromatic rings. The molecule has 80 valence electrons. The van der Waals surface area contributed by atoms with Gasteiger partial charge in [-0.05, 0) is 40.3 Å². The van der Waals surface area contributed by atoms with Gasteiger partial charge in [0.1, 0.15) is 0 Å². The molecule has 3 rings (SSSR count). The highest BCUT2D eigenvalue weighted by Gasteiger charge is 2.14. The minimum absolute atomic E-state index is 0.913. The molecule has 0 saturated heterocycles. The molecule has 0 nitrogen and oxygen atoms in total. The number of hydrogen-bond acceptors (Lipinski definition) is 0. The van der Waals surface area contributed by atoms with E-state index in [2.05, 4.69) is 58.4 Å². The first-order valence-electron chi connectivity index (χ1n) is 5.66. The summed E-state index contributed by atoms with van der Waals surface area (Å²) in [6.45, 7) is 0. The van der Waals surface area contributed by atoms with E-state index in [9.17, 15) is 0 Å². The Kier molecular flexibility index (Phi) is 2.56. The van der Waals surface area contributed by atoms with Gasteiger partial charge in [0, 0.05) is 5.33 Å². The van der Waals surface area contributed by atoms with E-state index in [-0.39, 0.29) is 0 Å². The first-order valence-corrected chi connectivity index (χ1v) is 6.78. The smallest absolute Gasteiger partial charge is 0.0215 e. The van der Waals surface area contributed by atoms with Gasteiger partial charge in [0.15, 0.2) is 0 Å². The molecule has 0 N–H and O–H groups in total. The molecule has 16 heavy (non-hydrogen) atoms. The van der Waals surface area contributed by atoms with Gasteiger partial charge in [-0.1, -0.05) is 58.4 Å². The zero-order valence-electron chi connectivity index (χ0n) is 9.04. The van der Waals surface area contributed by atoms with Gasteiger partial charge >= 0.3 is 0 Å². The zero-order chi connectivity index (χ0) is 11.0. The lowest BCUT2D eigenvalue weighted by Gasteiger charge is -2.05. The summed E-state index contributed by atoms with van der Waals surface area (Å²) < 4.78 is 0. The van der Waals surface area contributed by atoms with Crippen molar-refractivity contribution in [1.82, 2.24) is 0 Å². The van der Waals surface area contributed by atoms with E-state index in [1.54, 1.807) is 0 Å². The molecule has 0 radical (unpaired) electrons. The Labute approximate surface area is 104 Å². The van der Waals surface area contributed by atoms with Gasteiger partial charge in [-0.15, -0.1) is 0 Å². The van der Waals surface area contributed by atoms with Crippen LogP contribution in [-0.4, -0.2) is 5.33 Å². The first-order chi connectivity index (χ1) is 7.90. The van der Waals surface area contributed by atoms with E-state index >= 15 is 0 Å². The maximum absolute atomic E-state index is 3.43. The van der Waals surface area contributed by atoms with Crippen molar-refractivity contribution in [1.29, 1.82) is 0 Å². The molecule has 0 saturated carbocycles. The average molecular weight is 273 g/mol. The molecule has 0 amide bonds. The second-order valence-electron chi connectivity index (χ2n) is 4.21. The maximum atomic E-state index is 3.43. The highest BCUT2D eigenvalue weighted by molar-refractivity contribution is 9.09. The molecule has 0 aliphatic heterocycles. The number of halogens is 1. The summed E-state index contributed by atoms with van der Waals surface area (Å²) in [6, 6.07) is 11.2. The van der Waals surface area contributed by atoms with Crippen LogP contribution in [0, 0.1) is 0 Å². The minimum Gasteiger partial charge on any atom is -0.0883 e.